The Morgan fingerprint density at radius 1 is 1.12 bits per heavy atom. The van der Waals surface area contributed by atoms with Crippen LogP contribution < -0.4 is 4.74 Å². The third-order valence-electron chi connectivity index (χ3n) is 7.93. The van der Waals surface area contributed by atoms with Crippen molar-refractivity contribution in [1.82, 2.24) is 9.88 Å². The van der Waals surface area contributed by atoms with Crippen molar-refractivity contribution in [3.05, 3.63) is 68.9 Å². The van der Waals surface area contributed by atoms with Crippen LogP contribution in [0.5, 0.6) is 5.75 Å². The van der Waals surface area contributed by atoms with E-state index in [0.29, 0.717) is 42.9 Å². The molecule has 1 amide bonds. The minimum absolute atomic E-state index is 0.0391. The van der Waals surface area contributed by atoms with Crippen molar-refractivity contribution >= 4 is 34.2 Å². The van der Waals surface area contributed by atoms with Gasteiger partial charge in [0.15, 0.2) is 5.78 Å². The number of Topliss-reactive ketones (excluding diaryl/α,β-unsaturated/α-hetero) is 1. The number of amides is 1. The maximum absolute atomic E-state index is 13.9. The molecule has 3 heterocycles. The molecule has 1 aliphatic carbocycles. The van der Waals surface area contributed by atoms with E-state index < -0.39 is 5.60 Å². The summed E-state index contributed by atoms with van der Waals surface area (Å²) in [6.45, 7) is 5.17. The standard InChI is InChI=1S/C28H27ClN2O3/c1-16-6-8-20-24(32)15-28(34-26(20)17(16)2)10-12-31(13-11-28)27(33)25-19-4-3-5-22(19)30-23-9-7-18(29)14-21(23)25/h6-9,14H,3-5,10-13,15H2,1-2H3. The number of carbonyl (C=O) groups is 2. The number of ketones is 1. The molecular weight excluding hydrogens is 448 g/mol. The molecule has 34 heavy (non-hydrogen) atoms. The first-order valence-corrected chi connectivity index (χ1v) is 12.5. The van der Waals surface area contributed by atoms with Gasteiger partial charge in [0.05, 0.1) is 23.1 Å². The van der Waals surface area contributed by atoms with Gasteiger partial charge in [-0.3, -0.25) is 14.6 Å². The first-order valence-electron chi connectivity index (χ1n) is 12.1. The Hall–Kier alpha value is -2.92. The van der Waals surface area contributed by atoms with Crippen molar-refractivity contribution in [3.63, 3.8) is 0 Å². The molecule has 2 aromatic carbocycles. The number of nitrogens with zero attached hydrogens (tertiary/aromatic N) is 2. The number of aryl methyl sites for hydroxylation is 2. The monoisotopic (exact) mass is 474 g/mol. The minimum Gasteiger partial charge on any atom is -0.486 e. The molecule has 3 aliphatic rings. The number of carbonyl (C=O) groups excluding carboxylic acids is 2. The van der Waals surface area contributed by atoms with E-state index in [1.165, 1.54) is 0 Å². The molecule has 0 N–H and O–H groups in total. The van der Waals surface area contributed by atoms with Gasteiger partial charge in [-0.1, -0.05) is 17.7 Å². The molecule has 0 unspecified atom stereocenters. The predicted molar refractivity (Wildman–Crippen MR) is 132 cm³/mol. The van der Waals surface area contributed by atoms with Crippen molar-refractivity contribution in [1.29, 1.82) is 0 Å². The van der Waals surface area contributed by atoms with Crippen LogP contribution in [-0.4, -0.2) is 40.3 Å². The number of likely N-dealkylation sites (tertiary alicyclic amines) is 1. The van der Waals surface area contributed by atoms with Crippen molar-refractivity contribution in [2.75, 3.05) is 13.1 Å². The van der Waals surface area contributed by atoms with Crippen LogP contribution in [0, 0.1) is 13.8 Å². The van der Waals surface area contributed by atoms with E-state index in [1.54, 1.807) is 0 Å². The Kier molecular flexibility index (Phi) is 4.96. The first-order chi connectivity index (χ1) is 16.3. The Morgan fingerprint density at radius 2 is 1.91 bits per heavy atom. The van der Waals surface area contributed by atoms with E-state index in [4.69, 9.17) is 21.3 Å². The summed E-state index contributed by atoms with van der Waals surface area (Å²) in [7, 11) is 0. The highest BCUT2D eigenvalue weighted by Gasteiger charge is 2.44. The largest absolute Gasteiger partial charge is 0.486 e. The van der Waals surface area contributed by atoms with Gasteiger partial charge in [0.2, 0.25) is 0 Å². The van der Waals surface area contributed by atoms with Gasteiger partial charge in [-0.05, 0) is 74.1 Å². The van der Waals surface area contributed by atoms with Crippen LogP contribution in [0.4, 0.5) is 0 Å². The average Bonchev–Trinajstić information content (AvgIpc) is 3.28. The van der Waals surface area contributed by atoms with Crippen LogP contribution in [0.1, 0.15) is 68.8 Å². The van der Waals surface area contributed by atoms with Gasteiger partial charge in [0.25, 0.3) is 5.91 Å². The summed E-state index contributed by atoms with van der Waals surface area (Å²) in [5, 5.41) is 1.44. The number of aromatic nitrogens is 1. The van der Waals surface area contributed by atoms with Crippen LogP contribution in [0.25, 0.3) is 10.9 Å². The first kappa shape index (κ1) is 21.6. The highest BCUT2D eigenvalue weighted by Crippen LogP contribution is 2.42. The van der Waals surface area contributed by atoms with Crippen molar-refractivity contribution in [3.8, 4) is 5.75 Å². The highest BCUT2D eigenvalue weighted by molar-refractivity contribution is 6.31. The van der Waals surface area contributed by atoms with Crippen LogP contribution >= 0.6 is 11.6 Å². The van der Waals surface area contributed by atoms with Gasteiger partial charge in [-0.15, -0.1) is 0 Å². The second-order valence-corrected chi connectivity index (χ2v) is 10.4. The second-order valence-electron chi connectivity index (χ2n) is 9.99. The summed E-state index contributed by atoms with van der Waals surface area (Å²) >= 11 is 6.31. The Balaban J connectivity index is 1.30. The van der Waals surface area contributed by atoms with Crippen LogP contribution in [0.15, 0.2) is 30.3 Å². The van der Waals surface area contributed by atoms with Crippen molar-refractivity contribution in [2.45, 2.75) is 58.0 Å². The highest BCUT2D eigenvalue weighted by atomic mass is 35.5. The fourth-order valence-electron chi connectivity index (χ4n) is 5.81. The molecular formula is C28H27ClN2O3. The molecule has 0 radical (unpaired) electrons. The summed E-state index contributed by atoms with van der Waals surface area (Å²) < 4.78 is 6.55. The van der Waals surface area contributed by atoms with Gasteiger partial charge in [0.1, 0.15) is 11.4 Å². The number of piperidine rings is 1. The van der Waals surface area contributed by atoms with E-state index >= 15 is 0 Å². The smallest absolute Gasteiger partial charge is 0.254 e. The molecule has 0 bridgehead atoms. The number of hydrogen-bond donors (Lipinski definition) is 0. The lowest BCUT2D eigenvalue weighted by Crippen LogP contribution is -2.52. The lowest BCUT2D eigenvalue weighted by molar-refractivity contribution is -0.00617. The second kappa shape index (κ2) is 7.81. The number of fused-ring (bicyclic) bond motifs is 3. The minimum atomic E-state index is -0.537. The number of benzene rings is 2. The van der Waals surface area contributed by atoms with Crippen molar-refractivity contribution < 1.29 is 14.3 Å². The lowest BCUT2D eigenvalue weighted by atomic mass is 9.81. The summed E-state index contributed by atoms with van der Waals surface area (Å²) in [5.41, 5.74) is 5.99. The number of hydrogen-bond acceptors (Lipinski definition) is 4. The number of rotatable bonds is 1. The average molecular weight is 475 g/mol. The third-order valence-corrected chi connectivity index (χ3v) is 8.16. The van der Waals surface area contributed by atoms with Crippen LogP contribution in [-0.2, 0) is 12.8 Å². The molecule has 1 spiro atoms. The quantitative estimate of drug-likeness (QED) is 0.458. The van der Waals surface area contributed by atoms with E-state index in [2.05, 4.69) is 0 Å². The zero-order valence-electron chi connectivity index (χ0n) is 19.5. The van der Waals surface area contributed by atoms with E-state index in [0.717, 1.165) is 63.9 Å². The molecule has 1 saturated heterocycles. The number of pyridine rings is 1. The summed E-state index contributed by atoms with van der Waals surface area (Å²) in [5.74, 6) is 0.901. The molecule has 3 aromatic rings. The summed E-state index contributed by atoms with van der Waals surface area (Å²) in [6, 6.07) is 9.47. The molecule has 174 valence electrons. The number of halogens is 1. The van der Waals surface area contributed by atoms with E-state index in [-0.39, 0.29) is 11.7 Å². The fraction of sp³-hybridized carbons (Fsp3) is 0.393. The number of ether oxygens (including phenoxy) is 1. The molecule has 6 heteroatoms. The lowest BCUT2D eigenvalue weighted by Gasteiger charge is -2.44. The molecule has 2 aliphatic heterocycles. The molecule has 0 saturated carbocycles. The zero-order valence-corrected chi connectivity index (χ0v) is 20.3. The molecule has 6 rings (SSSR count). The molecule has 1 fully saturated rings. The topological polar surface area (TPSA) is 59.5 Å². The molecule has 5 nitrogen and oxygen atoms in total. The summed E-state index contributed by atoms with van der Waals surface area (Å²) in [6.07, 6.45) is 4.45. The normalized spacial score (nSPS) is 18.7. The van der Waals surface area contributed by atoms with Crippen molar-refractivity contribution in [2.24, 2.45) is 0 Å². The van der Waals surface area contributed by atoms with E-state index in [1.807, 2.05) is 49.1 Å². The zero-order chi connectivity index (χ0) is 23.6. The van der Waals surface area contributed by atoms with Gasteiger partial charge >= 0.3 is 0 Å². The van der Waals surface area contributed by atoms with Gasteiger partial charge < -0.3 is 9.64 Å². The fourth-order valence-corrected chi connectivity index (χ4v) is 5.99. The maximum Gasteiger partial charge on any atom is 0.254 e. The Bertz CT molecular complexity index is 1370. The van der Waals surface area contributed by atoms with Gasteiger partial charge in [0, 0.05) is 42.0 Å². The Labute approximate surface area is 204 Å². The SMILES string of the molecule is Cc1ccc2c(c1C)OC1(CCN(C(=O)c3c4c(nc5ccc(Cl)cc35)CCC4)CC1)CC2=O. The predicted octanol–water partition coefficient (Wildman–Crippen LogP) is 5.63. The van der Waals surface area contributed by atoms with Crippen LogP contribution in [0.3, 0.4) is 0 Å². The van der Waals surface area contributed by atoms with Crippen LogP contribution in [0.2, 0.25) is 5.02 Å². The van der Waals surface area contributed by atoms with Gasteiger partial charge in [-0.25, -0.2) is 0 Å². The Morgan fingerprint density at radius 3 is 2.71 bits per heavy atom. The summed E-state index contributed by atoms with van der Waals surface area (Å²) in [4.78, 5) is 33.6. The molecule has 0 atom stereocenters. The maximum atomic E-state index is 13.9. The van der Waals surface area contributed by atoms with Gasteiger partial charge in [-0.2, -0.15) is 0 Å². The van der Waals surface area contributed by atoms with E-state index in [9.17, 15) is 9.59 Å². The third kappa shape index (κ3) is 3.32. The molecule has 1 aromatic heterocycles.